The molecule has 1 saturated carbocycles. The lowest BCUT2D eigenvalue weighted by molar-refractivity contribution is -0.140. The number of hydrogen-bond donors (Lipinski definition) is 2. The molecule has 2 rings (SSSR count). The van der Waals surface area contributed by atoms with Gasteiger partial charge in [-0.25, -0.2) is 8.78 Å². The zero-order chi connectivity index (χ0) is 15.1. The highest BCUT2D eigenvalue weighted by Crippen LogP contribution is 2.58. The van der Waals surface area contributed by atoms with Gasteiger partial charge in [0.1, 0.15) is 0 Å². The molecule has 0 heterocycles. The molecule has 2 N–H and O–H groups in total. The van der Waals surface area contributed by atoms with E-state index in [9.17, 15) is 18.4 Å². The molecule has 1 aliphatic carbocycles. The maximum absolute atomic E-state index is 13.0. The molecule has 4 nitrogen and oxygen atoms in total. The van der Waals surface area contributed by atoms with Crippen LogP contribution in [0.4, 0.5) is 8.78 Å². The van der Waals surface area contributed by atoms with Crippen molar-refractivity contribution in [3.63, 3.8) is 0 Å². The van der Waals surface area contributed by atoms with Crippen LogP contribution in [-0.4, -0.2) is 17.0 Å². The van der Waals surface area contributed by atoms with Gasteiger partial charge >= 0.3 is 5.97 Å². The van der Waals surface area contributed by atoms with Gasteiger partial charge < -0.3 is 10.4 Å². The molecule has 1 aromatic rings. The average Bonchev–Trinajstić information content (AvgIpc) is 2.94. The number of nitrogens with one attached hydrogen (secondary N) is 1. The van der Waals surface area contributed by atoms with Crippen LogP contribution < -0.4 is 5.32 Å². The molecule has 0 aliphatic heterocycles. The van der Waals surface area contributed by atoms with E-state index in [2.05, 4.69) is 5.32 Å². The highest BCUT2D eigenvalue weighted by molar-refractivity contribution is 5.91. The summed E-state index contributed by atoms with van der Waals surface area (Å²) in [7, 11) is 0. The third-order valence-electron chi connectivity index (χ3n) is 3.83. The second-order valence-corrected chi connectivity index (χ2v) is 5.58. The van der Waals surface area contributed by atoms with Crippen LogP contribution in [0.3, 0.4) is 0 Å². The number of rotatable bonds is 4. The van der Waals surface area contributed by atoms with Crippen LogP contribution in [-0.2, 0) is 16.1 Å². The van der Waals surface area contributed by atoms with Crippen molar-refractivity contribution in [2.24, 2.45) is 17.3 Å². The SMILES string of the molecule is CC1(C)C(C(=O)O)C1C(=O)NCc1ccc(F)c(F)c1. The molecule has 0 radical (unpaired) electrons. The lowest BCUT2D eigenvalue weighted by Gasteiger charge is -2.06. The quantitative estimate of drug-likeness (QED) is 0.887. The van der Waals surface area contributed by atoms with Crippen molar-refractivity contribution in [2.75, 3.05) is 0 Å². The maximum Gasteiger partial charge on any atom is 0.307 e. The number of aliphatic carboxylic acids is 1. The van der Waals surface area contributed by atoms with E-state index in [1.807, 2.05) is 0 Å². The molecular formula is C14H15F2NO3. The van der Waals surface area contributed by atoms with Crippen molar-refractivity contribution in [1.29, 1.82) is 0 Å². The number of carboxylic acids is 1. The first-order chi connectivity index (χ1) is 9.25. The minimum absolute atomic E-state index is 0.0367. The van der Waals surface area contributed by atoms with E-state index in [0.717, 1.165) is 12.1 Å². The van der Waals surface area contributed by atoms with Gasteiger partial charge in [-0.1, -0.05) is 19.9 Å². The van der Waals surface area contributed by atoms with Gasteiger partial charge in [0.05, 0.1) is 11.8 Å². The molecule has 6 heteroatoms. The highest BCUT2D eigenvalue weighted by Gasteiger charge is 2.65. The minimum Gasteiger partial charge on any atom is -0.481 e. The molecule has 108 valence electrons. The first-order valence-electron chi connectivity index (χ1n) is 6.19. The summed E-state index contributed by atoms with van der Waals surface area (Å²) in [5, 5.41) is 11.5. The number of carbonyl (C=O) groups is 2. The third kappa shape index (κ3) is 2.50. The predicted molar refractivity (Wildman–Crippen MR) is 66.6 cm³/mol. The lowest BCUT2D eigenvalue weighted by Crippen LogP contribution is -2.26. The molecule has 2 atom stereocenters. The Morgan fingerprint density at radius 3 is 2.40 bits per heavy atom. The van der Waals surface area contributed by atoms with Crippen LogP contribution in [0.1, 0.15) is 19.4 Å². The van der Waals surface area contributed by atoms with E-state index >= 15 is 0 Å². The maximum atomic E-state index is 13.0. The topological polar surface area (TPSA) is 66.4 Å². The van der Waals surface area contributed by atoms with Crippen molar-refractivity contribution in [3.8, 4) is 0 Å². The van der Waals surface area contributed by atoms with Gasteiger partial charge in [-0.15, -0.1) is 0 Å². The summed E-state index contributed by atoms with van der Waals surface area (Å²) in [6.45, 7) is 3.47. The first-order valence-corrected chi connectivity index (χ1v) is 6.19. The van der Waals surface area contributed by atoms with Gasteiger partial charge in [-0.3, -0.25) is 9.59 Å². The van der Waals surface area contributed by atoms with Crippen LogP contribution in [0, 0.1) is 28.9 Å². The van der Waals surface area contributed by atoms with E-state index in [4.69, 9.17) is 5.11 Å². The van der Waals surface area contributed by atoms with Gasteiger partial charge in [0, 0.05) is 6.54 Å². The van der Waals surface area contributed by atoms with Gasteiger partial charge in [0.25, 0.3) is 0 Å². The lowest BCUT2D eigenvalue weighted by atomic mass is 10.1. The van der Waals surface area contributed by atoms with Crippen molar-refractivity contribution in [1.82, 2.24) is 5.32 Å². The van der Waals surface area contributed by atoms with Crippen LogP contribution in [0.2, 0.25) is 0 Å². The molecule has 2 unspecified atom stereocenters. The fourth-order valence-corrected chi connectivity index (χ4v) is 2.54. The normalized spacial score (nSPS) is 23.2. The van der Waals surface area contributed by atoms with E-state index in [1.165, 1.54) is 6.07 Å². The van der Waals surface area contributed by atoms with Gasteiger partial charge in [0.15, 0.2) is 11.6 Å². The molecule has 20 heavy (non-hydrogen) atoms. The van der Waals surface area contributed by atoms with Gasteiger partial charge in [-0.2, -0.15) is 0 Å². The molecule has 0 aromatic heterocycles. The van der Waals surface area contributed by atoms with Crippen molar-refractivity contribution in [2.45, 2.75) is 20.4 Å². The molecule has 0 spiro atoms. The molecule has 1 aromatic carbocycles. The van der Waals surface area contributed by atoms with Gasteiger partial charge in [-0.05, 0) is 23.1 Å². The van der Waals surface area contributed by atoms with Gasteiger partial charge in [0.2, 0.25) is 5.91 Å². The smallest absolute Gasteiger partial charge is 0.307 e. The van der Waals surface area contributed by atoms with Crippen molar-refractivity contribution < 1.29 is 23.5 Å². The fourth-order valence-electron chi connectivity index (χ4n) is 2.54. The molecule has 1 fully saturated rings. The molecule has 0 bridgehead atoms. The predicted octanol–water partition coefficient (Wildman–Crippen LogP) is 1.94. The van der Waals surface area contributed by atoms with Crippen molar-refractivity contribution in [3.05, 3.63) is 35.4 Å². The molecule has 1 amide bonds. The number of halogens is 2. The zero-order valence-corrected chi connectivity index (χ0v) is 11.1. The third-order valence-corrected chi connectivity index (χ3v) is 3.83. The van der Waals surface area contributed by atoms with Crippen LogP contribution in [0.15, 0.2) is 18.2 Å². The summed E-state index contributed by atoms with van der Waals surface area (Å²) in [6, 6.07) is 3.35. The standard InChI is InChI=1S/C14H15F2NO3/c1-14(2)10(11(14)13(19)20)12(18)17-6-7-3-4-8(15)9(16)5-7/h3-5,10-11H,6H2,1-2H3,(H,17,18)(H,19,20). The largest absolute Gasteiger partial charge is 0.481 e. The highest BCUT2D eigenvalue weighted by atomic mass is 19.2. The second kappa shape index (κ2) is 4.85. The van der Waals surface area contributed by atoms with E-state index in [1.54, 1.807) is 13.8 Å². The average molecular weight is 283 g/mol. The monoisotopic (exact) mass is 283 g/mol. The van der Waals surface area contributed by atoms with Crippen LogP contribution in [0.5, 0.6) is 0 Å². The summed E-state index contributed by atoms with van der Waals surface area (Å²) >= 11 is 0. The fraction of sp³-hybridized carbons (Fsp3) is 0.429. The molecule has 0 saturated heterocycles. The van der Waals surface area contributed by atoms with Crippen molar-refractivity contribution >= 4 is 11.9 Å². The summed E-state index contributed by atoms with van der Waals surface area (Å²) in [5.41, 5.74) is -0.160. The number of carbonyl (C=O) groups excluding carboxylic acids is 1. The zero-order valence-electron chi connectivity index (χ0n) is 11.1. The first kappa shape index (κ1) is 14.4. The Kier molecular flexibility index (Phi) is 3.50. The Hall–Kier alpha value is -1.98. The Morgan fingerprint density at radius 1 is 1.25 bits per heavy atom. The Morgan fingerprint density at radius 2 is 1.90 bits per heavy atom. The Balaban J connectivity index is 1.96. The Bertz CT molecular complexity index is 572. The van der Waals surface area contributed by atoms with E-state index < -0.39 is 34.9 Å². The minimum atomic E-state index is -0.997. The summed E-state index contributed by atoms with van der Waals surface area (Å²) < 4.78 is 25.8. The Labute approximate surface area is 114 Å². The molecule has 1 aliphatic rings. The number of amides is 1. The molecular weight excluding hydrogens is 268 g/mol. The number of carboxylic acid groups (broad SMARTS) is 1. The number of benzene rings is 1. The van der Waals surface area contributed by atoms with E-state index in [-0.39, 0.29) is 12.5 Å². The van der Waals surface area contributed by atoms with Crippen LogP contribution >= 0.6 is 0 Å². The van der Waals surface area contributed by atoms with E-state index in [0.29, 0.717) is 5.56 Å². The summed E-state index contributed by atoms with van der Waals surface area (Å²) in [5.74, 6) is -4.60. The second-order valence-electron chi connectivity index (χ2n) is 5.58. The number of hydrogen-bond acceptors (Lipinski definition) is 2. The summed E-state index contributed by atoms with van der Waals surface area (Å²) in [6.07, 6.45) is 0. The summed E-state index contributed by atoms with van der Waals surface area (Å²) in [4.78, 5) is 22.9. The van der Waals surface area contributed by atoms with Crippen LogP contribution in [0.25, 0.3) is 0 Å².